The summed E-state index contributed by atoms with van der Waals surface area (Å²) in [7, 11) is 1.84. The fraction of sp³-hybridized carbons (Fsp3) is 0.190. The van der Waals surface area contributed by atoms with E-state index in [0.29, 0.717) is 33.0 Å². The van der Waals surface area contributed by atoms with Crippen molar-refractivity contribution < 1.29 is 19.1 Å². The third-order valence-corrected chi connectivity index (χ3v) is 5.28. The first-order valence-corrected chi connectivity index (χ1v) is 10.1. The van der Waals surface area contributed by atoms with Gasteiger partial charge in [-0.1, -0.05) is 29.8 Å². The number of halogens is 1. The van der Waals surface area contributed by atoms with Crippen LogP contribution in [-0.2, 0) is 14.3 Å². The molecule has 2 aromatic carbocycles. The second-order valence-corrected chi connectivity index (χ2v) is 7.42. The molecule has 0 saturated heterocycles. The van der Waals surface area contributed by atoms with E-state index in [2.05, 4.69) is 4.99 Å². The molecule has 0 unspecified atom stereocenters. The Morgan fingerprint density at radius 3 is 2.66 bits per heavy atom. The number of para-hydroxylation sites is 1. The molecule has 2 aromatic rings. The standard InChI is InChI=1S/C21H19ClN2O4S/c1-3-27-19(25)13-28-17-7-5-4-6-14(17)12-18-20(26)23-21(29-18)24(2)16-10-8-15(22)9-11-16/h4-12H,3,13H2,1-2H3/b18-12-. The van der Waals surface area contributed by atoms with Crippen LogP contribution in [0.25, 0.3) is 6.08 Å². The lowest BCUT2D eigenvalue weighted by molar-refractivity contribution is -0.145. The van der Waals surface area contributed by atoms with Crippen LogP contribution in [-0.4, -0.2) is 37.3 Å². The Hall–Kier alpha value is -2.77. The molecule has 0 N–H and O–H groups in total. The zero-order valence-electron chi connectivity index (χ0n) is 15.9. The maximum atomic E-state index is 12.4. The van der Waals surface area contributed by atoms with Gasteiger partial charge in [0.25, 0.3) is 5.91 Å². The van der Waals surface area contributed by atoms with Gasteiger partial charge in [0.05, 0.1) is 11.5 Å². The van der Waals surface area contributed by atoms with E-state index in [1.807, 2.05) is 36.2 Å². The van der Waals surface area contributed by atoms with Gasteiger partial charge in [0.15, 0.2) is 11.8 Å². The lowest BCUT2D eigenvalue weighted by Gasteiger charge is -2.17. The van der Waals surface area contributed by atoms with E-state index in [1.54, 1.807) is 37.3 Å². The normalized spacial score (nSPS) is 14.7. The number of carbonyl (C=O) groups excluding carboxylic acids is 2. The van der Waals surface area contributed by atoms with Crippen molar-refractivity contribution in [2.45, 2.75) is 6.92 Å². The average molecular weight is 431 g/mol. The molecule has 0 atom stereocenters. The second-order valence-electron chi connectivity index (χ2n) is 5.98. The van der Waals surface area contributed by atoms with Crippen molar-refractivity contribution in [2.24, 2.45) is 4.99 Å². The minimum absolute atomic E-state index is 0.198. The van der Waals surface area contributed by atoms with Crippen molar-refractivity contribution in [3.63, 3.8) is 0 Å². The van der Waals surface area contributed by atoms with E-state index in [-0.39, 0.29) is 12.5 Å². The lowest BCUT2D eigenvalue weighted by atomic mass is 10.2. The van der Waals surface area contributed by atoms with E-state index in [1.165, 1.54) is 11.8 Å². The van der Waals surface area contributed by atoms with Crippen molar-refractivity contribution in [1.82, 2.24) is 0 Å². The molecule has 0 aliphatic carbocycles. The minimum Gasteiger partial charge on any atom is -0.481 e. The highest BCUT2D eigenvalue weighted by Crippen LogP contribution is 2.33. The summed E-state index contributed by atoms with van der Waals surface area (Å²) >= 11 is 7.20. The number of thioether (sulfide) groups is 1. The molecule has 1 aliphatic rings. The molecule has 0 saturated carbocycles. The summed E-state index contributed by atoms with van der Waals surface area (Å²) in [5.41, 5.74) is 1.55. The molecule has 1 aliphatic heterocycles. The number of hydrogen-bond donors (Lipinski definition) is 0. The Kier molecular flexibility index (Phi) is 6.95. The van der Waals surface area contributed by atoms with Gasteiger partial charge >= 0.3 is 5.97 Å². The van der Waals surface area contributed by atoms with Crippen LogP contribution in [0.15, 0.2) is 58.4 Å². The fourth-order valence-corrected chi connectivity index (χ4v) is 3.54. The van der Waals surface area contributed by atoms with E-state index in [9.17, 15) is 9.59 Å². The number of nitrogens with zero attached hydrogens (tertiary/aromatic N) is 2. The zero-order chi connectivity index (χ0) is 20.8. The third kappa shape index (κ3) is 5.40. The van der Waals surface area contributed by atoms with Crippen molar-refractivity contribution >= 4 is 52.2 Å². The Bertz CT molecular complexity index is 973. The number of rotatable bonds is 6. The van der Waals surface area contributed by atoms with Gasteiger partial charge in [-0.05, 0) is 55.1 Å². The quantitative estimate of drug-likeness (QED) is 0.500. The van der Waals surface area contributed by atoms with Crippen LogP contribution in [0.5, 0.6) is 5.75 Å². The van der Waals surface area contributed by atoms with E-state index < -0.39 is 5.97 Å². The monoisotopic (exact) mass is 430 g/mol. The highest BCUT2D eigenvalue weighted by atomic mass is 35.5. The second kappa shape index (κ2) is 9.62. The molecular formula is C21H19ClN2O4S. The number of esters is 1. The molecule has 0 bridgehead atoms. The van der Waals surface area contributed by atoms with Gasteiger partial charge in [-0.3, -0.25) is 4.79 Å². The first-order valence-electron chi connectivity index (χ1n) is 8.87. The summed E-state index contributed by atoms with van der Waals surface area (Å²) in [6.45, 7) is 1.83. The summed E-state index contributed by atoms with van der Waals surface area (Å²) in [5, 5.41) is 1.20. The molecule has 0 radical (unpaired) electrons. The molecule has 0 spiro atoms. The average Bonchev–Trinajstić information content (AvgIpc) is 3.08. The summed E-state index contributed by atoms with van der Waals surface area (Å²) in [6, 6.07) is 14.4. The van der Waals surface area contributed by atoms with Crippen molar-refractivity contribution in [3.8, 4) is 5.75 Å². The number of carbonyl (C=O) groups is 2. The van der Waals surface area contributed by atoms with Crippen LogP contribution < -0.4 is 9.64 Å². The van der Waals surface area contributed by atoms with Crippen molar-refractivity contribution in [3.05, 3.63) is 64.0 Å². The molecule has 29 heavy (non-hydrogen) atoms. The summed E-state index contributed by atoms with van der Waals surface area (Å²) < 4.78 is 10.4. The Balaban J connectivity index is 1.74. The predicted octanol–water partition coefficient (Wildman–Crippen LogP) is 4.39. The summed E-state index contributed by atoms with van der Waals surface area (Å²) in [6.07, 6.45) is 1.71. The topological polar surface area (TPSA) is 68.2 Å². The van der Waals surface area contributed by atoms with E-state index >= 15 is 0 Å². The molecular weight excluding hydrogens is 412 g/mol. The van der Waals surface area contributed by atoms with Gasteiger partial charge in [0.1, 0.15) is 5.75 Å². The zero-order valence-corrected chi connectivity index (χ0v) is 17.5. The number of ether oxygens (including phenoxy) is 2. The smallest absolute Gasteiger partial charge is 0.344 e. The van der Waals surface area contributed by atoms with Crippen molar-refractivity contribution in [1.29, 1.82) is 0 Å². The Morgan fingerprint density at radius 1 is 1.21 bits per heavy atom. The predicted molar refractivity (Wildman–Crippen MR) is 116 cm³/mol. The van der Waals surface area contributed by atoms with Crippen LogP contribution in [0, 0.1) is 0 Å². The molecule has 6 nitrogen and oxygen atoms in total. The van der Waals surface area contributed by atoms with E-state index in [0.717, 1.165) is 5.69 Å². The number of aliphatic imine (C=N–C) groups is 1. The van der Waals surface area contributed by atoms with Gasteiger partial charge in [-0.25, -0.2) is 4.79 Å². The molecule has 1 heterocycles. The molecule has 8 heteroatoms. The number of amides is 1. The Morgan fingerprint density at radius 2 is 1.93 bits per heavy atom. The van der Waals surface area contributed by atoms with Gasteiger partial charge in [0, 0.05) is 23.3 Å². The van der Waals surface area contributed by atoms with Gasteiger partial charge in [-0.15, -0.1) is 0 Å². The first-order chi connectivity index (χ1) is 14.0. The number of benzene rings is 2. The van der Waals surface area contributed by atoms with Gasteiger partial charge < -0.3 is 14.4 Å². The van der Waals surface area contributed by atoms with Gasteiger partial charge in [0.2, 0.25) is 0 Å². The highest BCUT2D eigenvalue weighted by Gasteiger charge is 2.25. The third-order valence-electron chi connectivity index (χ3n) is 3.97. The maximum Gasteiger partial charge on any atom is 0.344 e. The van der Waals surface area contributed by atoms with Crippen LogP contribution >= 0.6 is 23.4 Å². The summed E-state index contributed by atoms with van der Waals surface area (Å²) in [4.78, 5) is 30.4. The Labute approximate surface area is 178 Å². The van der Waals surface area contributed by atoms with Crippen LogP contribution in [0.1, 0.15) is 12.5 Å². The first kappa shape index (κ1) is 21.0. The molecule has 150 valence electrons. The fourth-order valence-electron chi connectivity index (χ4n) is 2.53. The lowest BCUT2D eigenvalue weighted by Crippen LogP contribution is -2.21. The molecule has 0 aromatic heterocycles. The van der Waals surface area contributed by atoms with Crippen molar-refractivity contribution in [2.75, 3.05) is 25.2 Å². The van der Waals surface area contributed by atoms with Gasteiger partial charge in [-0.2, -0.15) is 4.99 Å². The van der Waals surface area contributed by atoms with E-state index in [4.69, 9.17) is 21.1 Å². The number of anilines is 1. The largest absolute Gasteiger partial charge is 0.481 e. The minimum atomic E-state index is -0.448. The van der Waals surface area contributed by atoms with Crippen LogP contribution in [0.4, 0.5) is 5.69 Å². The molecule has 0 fully saturated rings. The summed E-state index contributed by atoms with van der Waals surface area (Å²) in [5.74, 6) is -0.288. The van der Waals surface area contributed by atoms with Crippen LogP contribution in [0.3, 0.4) is 0 Å². The molecule has 1 amide bonds. The molecule has 3 rings (SSSR count). The number of hydrogen-bond acceptors (Lipinski definition) is 6. The highest BCUT2D eigenvalue weighted by molar-refractivity contribution is 8.18. The number of amidine groups is 1. The maximum absolute atomic E-state index is 12.4. The van der Waals surface area contributed by atoms with Crippen LogP contribution in [0.2, 0.25) is 5.02 Å². The SMILES string of the molecule is CCOC(=O)COc1ccccc1/C=C1\SC(N(C)c2ccc(Cl)cc2)=NC1=O.